The molecule has 2 unspecified atom stereocenters. The maximum Gasteiger partial charge on any atom is 0.210 e. The van der Waals surface area contributed by atoms with Crippen LogP contribution in [0.1, 0.15) is 17.2 Å². The van der Waals surface area contributed by atoms with Gasteiger partial charge in [0.15, 0.2) is 0 Å². The normalized spacial score (nSPS) is 24.8. The van der Waals surface area contributed by atoms with E-state index in [9.17, 15) is 5.26 Å². The predicted molar refractivity (Wildman–Crippen MR) is 79.4 cm³/mol. The Balaban J connectivity index is 1.94. The molecule has 2 nitrogen and oxygen atoms in total. The molecule has 1 heterocycles. The third kappa shape index (κ3) is 2.23. The molecule has 1 aliphatic heterocycles. The first-order valence-corrected chi connectivity index (χ1v) is 7.35. The van der Waals surface area contributed by atoms with E-state index in [4.69, 9.17) is 4.74 Å². The lowest BCUT2D eigenvalue weighted by Gasteiger charge is -2.04. The summed E-state index contributed by atoms with van der Waals surface area (Å²) in [5, 5.41) is 9.47. The number of benzene rings is 2. The van der Waals surface area contributed by atoms with Crippen molar-refractivity contribution in [2.75, 3.05) is 0 Å². The van der Waals surface area contributed by atoms with Crippen molar-refractivity contribution in [1.82, 2.24) is 0 Å². The lowest BCUT2D eigenvalue weighted by Crippen LogP contribution is -2.06. The number of rotatable bonds is 2. The summed E-state index contributed by atoms with van der Waals surface area (Å²) in [4.78, 5) is 0. The van der Waals surface area contributed by atoms with Crippen molar-refractivity contribution in [3.8, 4) is 6.07 Å². The number of nitrogens with zero attached hydrogens (tertiary/aromatic N) is 1. The Morgan fingerprint density at radius 1 is 0.947 bits per heavy atom. The minimum Gasteiger partial charge on any atom is -0.340 e. The lowest BCUT2D eigenvalue weighted by molar-refractivity contribution is 0.340. The van der Waals surface area contributed by atoms with Crippen molar-refractivity contribution < 1.29 is 4.74 Å². The molecule has 0 aliphatic carbocycles. The quantitative estimate of drug-likeness (QED) is 0.710. The second-order valence-corrected chi connectivity index (χ2v) is 6.24. The second-order valence-electron chi connectivity index (χ2n) is 4.40. The minimum atomic E-state index is -0.839. The molecular formula is C15H9Br2NO. The van der Waals surface area contributed by atoms with E-state index in [2.05, 4.69) is 37.9 Å². The maximum atomic E-state index is 9.47. The molecule has 0 N–H and O–H groups in total. The van der Waals surface area contributed by atoms with Crippen LogP contribution in [-0.2, 0) is 10.3 Å². The summed E-state index contributed by atoms with van der Waals surface area (Å²) in [6.45, 7) is 0. The summed E-state index contributed by atoms with van der Waals surface area (Å²) in [6.07, 6.45) is -0.188. The molecule has 2 atom stereocenters. The topological polar surface area (TPSA) is 36.3 Å². The molecule has 0 saturated carbocycles. The summed E-state index contributed by atoms with van der Waals surface area (Å²) in [5.41, 5.74) is 1.08. The van der Waals surface area contributed by atoms with Gasteiger partial charge >= 0.3 is 0 Å². The van der Waals surface area contributed by atoms with E-state index in [1.165, 1.54) is 0 Å². The van der Waals surface area contributed by atoms with Crippen LogP contribution in [0.3, 0.4) is 0 Å². The molecule has 1 fully saturated rings. The van der Waals surface area contributed by atoms with Crippen molar-refractivity contribution in [2.45, 2.75) is 11.7 Å². The molecular weight excluding hydrogens is 370 g/mol. The first-order chi connectivity index (χ1) is 9.15. The standard InChI is InChI=1S/C15H9Br2NO/c16-12-5-1-10(2-6-12)14-15(9-18,19-14)11-3-7-13(17)8-4-11/h1-8,14H. The van der Waals surface area contributed by atoms with Gasteiger partial charge < -0.3 is 4.74 Å². The van der Waals surface area contributed by atoms with Gasteiger partial charge in [0.05, 0.1) is 0 Å². The van der Waals surface area contributed by atoms with Crippen molar-refractivity contribution in [1.29, 1.82) is 5.26 Å². The molecule has 1 saturated heterocycles. The fraction of sp³-hybridized carbons (Fsp3) is 0.133. The van der Waals surface area contributed by atoms with Gasteiger partial charge in [0.1, 0.15) is 12.2 Å². The van der Waals surface area contributed by atoms with Gasteiger partial charge in [-0.3, -0.25) is 0 Å². The van der Waals surface area contributed by atoms with E-state index in [-0.39, 0.29) is 6.10 Å². The predicted octanol–water partition coefficient (Wildman–Crippen LogP) is 4.70. The van der Waals surface area contributed by atoms with Gasteiger partial charge in [-0.25, -0.2) is 0 Å². The van der Waals surface area contributed by atoms with E-state index in [1.807, 2.05) is 48.5 Å². The van der Waals surface area contributed by atoms with Gasteiger partial charge in [0, 0.05) is 14.5 Å². The average molecular weight is 379 g/mol. The number of nitriles is 1. The molecule has 0 amide bonds. The van der Waals surface area contributed by atoms with Crippen LogP contribution in [0.15, 0.2) is 57.5 Å². The van der Waals surface area contributed by atoms with E-state index in [0.29, 0.717) is 0 Å². The van der Waals surface area contributed by atoms with Gasteiger partial charge in [0.25, 0.3) is 0 Å². The van der Waals surface area contributed by atoms with E-state index >= 15 is 0 Å². The Morgan fingerprint density at radius 2 is 1.47 bits per heavy atom. The van der Waals surface area contributed by atoms with Crippen LogP contribution in [0.25, 0.3) is 0 Å². The highest BCUT2D eigenvalue weighted by molar-refractivity contribution is 9.10. The Labute approximate surface area is 128 Å². The molecule has 19 heavy (non-hydrogen) atoms. The van der Waals surface area contributed by atoms with Gasteiger partial charge in [-0.15, -0.1) is 0 Å². The largest absolute Gasteiger partial charge is 0.340 e. The van der Waals surface area contributed by atoms with Crippen molar-refractivity contribution >= 4 is 31.9 Å². The number of hydrogen-bond donors (Lipinski definition) is 0. The zero-order valence-electron chi connectivity index (χ0n) is 9.81. The third-order valence-corrected chi connectivity index (χ3v) is 4.28. The highest BCUT2D eigenvalue weighted by atomic mass is 79.9. The van der Waals surface area contributed by atoms with Crippen LogP contribution in [0, 0.1) is 11.3 Å². The molecule has 2 aromatic carbocycles. The Kier molecular flexibility index (Phi) is 3.22. The molecule has 3 rings (SSSR count). The third-order valence-electron chi connectivity index (χ3n) is 3.23. The zero-order chi connectivity index (χ0) is 13.5. The highest BCUT2D eigenvalue weighted by Crippen LogP contribution is 2.56. The molecule has 1 aliphatic rings. The second kappa shape index (κ2) is 4.75. The van der Waals surface area contributed by atoms with E-state index < -0.39 is 5.60 Å². The van der Waals surface area contributed by atoms with Crippen molar-refractivity contribution in [3.05, 3.63) is 68.6 Å². The monoisotopic (exact) mass is 377 g/mol. The average Bonchev–Trinajstić information content (AvgIpc) is 3.16. The first kappa shape index (κ1) is 12.9. The minimum absolute atomic E-state index is 0.188. The number of hydrogen-bond acceptors (Lipinski definition) is 2. The van der Waals surface area contributed by atoms with Crippen LogP contribution in [0.4, 0.5) is 0 Å². The molecule has 0 spiro atoms. The number of halogens is 2. The summed E-state index contributed by atoms with van der Waals surface area (Å²) in [6, 6.07) is 17.9. The van der Waals surface area contributed by atoms with Gasteiger partial charge in [-0.05, 0) is 29.8 Å². The highest BCUT2D eigenvalue weighted by Gasteiger charge is 2.59. The summed E-state index contributed by atoms with van der Waals surface area (Å²) in [7, 11) is 0. The van der Waals surface area contributed by atoms with Crippen LogP contribution >= 0.6 is 31.9 Å². The summed E-state index contributed by atoms with van der Waals surface area (Å²) < 4.78 is 7.72. The zero-order valence-corrected chi connectivity index (χ0v) is 13.0. The van der Waals surface area contributed by atoms with Crippen molar-refractivity contribution in [3.63, 3.8) is 0 Å². The van der Waals surface area contributed by atoms with Gasteiger partial charge in [-0.2, -0.15) is 5.26 Å². The van der Waals surface area contributed by atoms with Crippen LogP contribution in [-0.4, -0.2) is 0 Å². The molecule has 94 valence electrons. The SMILES string of the molecule is N#CC1(c2ccc(Br)cc2)OC1c1ccc(Br)cc1. The fourth-order valence-corrected chi connectivity index (χ4v) is 2.69. The molecule has 0 aromatic heterocycles. The van der Waals surface area contributed by atoms with Crippen molar-refractivity contribution in [2.24, 2.45) is 0 Å². The number of ether oxygens (including phenoxy) is 1. The van der Waals surface area contributed by atoms with Crippen LogP contribution in [0.2, 0.25) is 0 Å². The smallest absolute Gasteiger partial charge is 0.210 e. The van der Waals surface area contributed by atoms with Crippen LogP contribution in [0.5, 0.6) is 0 Å². The van der Waals surface area contributed by atoms with Gasteiger partial charge in [-0.1, -0.05) is 56.1 Å². The van der Waals surface area contributed by atoms with Crippen LogP contribution < -0.4 is 0 Å². The lowest BCUT2D eigenvalue weighted by atomic mass is 9.93. The summed E-state index contributed by atoms with van der Waals surface area (Å²) >= 11 is 6.80. The van der Waals surface area contributed by atoms with E-state index in [1.54, 1.807) is 0 Å². The Bertz CT molecular complexity index is 645. The first-order valence-electron chi connectivity index (χ1n) is 5.76. The molecule has 0 bridgehead atoms. The number of epoxide rings is 1. The molecule has 0 radical (unpaired) electrons. The summed E-state index contributed by atoms with van der Waals surface area (Å²) in [5.74, 6) is 0. The Hall–Kier alpha value is -1.15. The maximum absolute atomic E-state index is 9.47. The van der Waals surface area contributed by atoms with E-state index in [0.717, 1.165) is 20.1 Å². The fourth-order valence-electron chi connectivity index (χ4n) is 2.16. The molecule has 4 heteroatoms. The van der Waals surface area contributed by atoms with Gasteiger partial charge in [0.2, 0.25) is 5.60 Å². The molecule has 2 aromatic rings. The Morgan fingerprint density at radius 3 is 2.00 bits per heavy atom.